The molecule has 1 aromatic heterocycles. The molecule has 0 aliphatic carbocycles. The molecular weight excluding hydrogens is 124 g/mol. The van der Waals surface area contributed by atoms with Crippen LogP contribution in [0.3, 0.4) is 0 Å². The molecule has 0 amide bonds. The SMILES string of the molecule is C#Cc1cncc(C#N)c1. The predicted molar refractivity (Wildman–Crippen MR) is 36.9 cm³/mol. The number of nitrogens with zero attached hydrogens (tertiary/aromatic N) is 2. The predicted octanol–water partition coefficient (Wildman–Crippen LogP) is 0.935. The Balaban J connectivity index is 3.17. The van der Waals surface area contributed by atoms with Gasteiger partial charge < -0.3 is 0 Å². The second-order valence-electron chi connectivity index (χ2n) is 1.72. The van der Waals surface area contributed by atoms with Gasteiger partial charge in [0.1, 0.15) is 6.07 Å². The topological polar surface area (TPSA) is 36.7 Å². The molecule has 0 atom stereocenters. The van der Waals surface area contributed by atoms with Crippen molar-refractivity contribution in [3.05, 3.63) is 29.6 Å². The molecule has 1 heterocycles. The van der Waals surface area contributed by atoms with Gasteiger partial charge in [-0.1, -0.05) is 5.92 Å². The summed E-state index contributed by atoms with van der Waals surface area (Å²) in [6, 6.07) is 3.56. The fraction of sp³-hybridized carbons (Fsp3) is 0. The third kappa shape index (κ3) is 1.13. The summed E-state index contributed by atoms with van der Waals surface area (Å²) in [5.41, 5.74) is 1.13. The Morgan fingerprint density at radius 2 is 2.10 bits per heavy atom. The summed E-state index contributed by atoms with van der Waals surface area (Å²) in [5.74, 6) is 2.39. The number of nitriles is 1. The van der Waals surface area contributed by atoms with E-state index in [2.05, 4.69) is 10.9 Å². The zero-order valence-corrected chi connectivity index (χ0v) is 5.20. The summed E-state index contributed by atoms with van der Waals surface area (Å²) < 4.78 is 0. The van der Waals surface area contributed by atoms with E-state index in [0.717, 1.165) is 0 Å². The number of hydrogen-bond acceptors (Lipinski definition) is 2. The van der Waals surface area contributed by atoms with Crippen LogP contribution in [0.1, 0.15) is 11.1 Å². The summed E-state index contributed by atoms with van der Waals surface area (Å²) in [6.45, 7) is 0. The first-order valence-electron chi connectivity index (χ1n) is 2.68. The van der Waals surface area contributed by atoms with Gasteiger partial charge in [0.15, 0.2) is 0 Å². The van der Waals surface area contributed by atoms with E-state index < -0.39 is 0 Å². The fourth-order valence-corrected chi connectivity index (χ4v) is 0.580. The van der Waals surface area contributed by atoms with Crippen molar-refractivity contribution in [3.63, 3.8) is 0 Å². The van der Waals surface area contributed by atoms with Crippen molar-refractivity contribution in [1.29, 1.82) is 5.26 Å². The molecule has 1 rings (SSSR count). The molecule has 0 unspecified atom stereocenters. The van der Waals surface area contributed by atoms with Crippen LogP contribution in [0.4, 0.5) is 0 Å². The first kappa shape index (κ1) is 6.32. The maximum Gasteiger partial charge on any atom is 0.101 e. The minimum atomic E-state index is 0.496. The Kier molecular flexibility index (Phi) is 1.68. The Morgan fingerprint density at radius 3 is 2.70 bits per heavy atom. The molecule has 10 heavy (non-hydrogen) atoms. The lowest BCUT2D eigenvalue weighted by Crippen LogP contribution is -1.80. The third-order valence-electron chi connectivity index (χ3n) is 1.03. The van der Waals surface area contributed by atoms with E-state index in [0.29, 0.717) is 11.1 Å². The number of hydrogen-bond donors (Lipinski definition) is 0. The average Bonchev–Trinajstić information content (AvgIpc) is 2.05. The van der Waals surface area contributed by atoms with Crippen molar-refractivity contribution in [1.82, 2.24) is 4.98 Å². The van der Waals surface area contributed by atoms with Gasteiger partial charge in [0.25, 0.3) is 0 Å². The number of aromatic nitrogens is 1. The molecule has 0 saturated carbocycles. The highest BCUT2D eigenvalue weighted by Gasteiger charge is 1.89. The van der Waals surface area contributed by atoms with Crippen LogP contribution in [-0.4, -0.2) is 4.98 Å². The van der Waals surface area contributed by atoms with E-state index in [1.807, 2.05) is 6.07 Å². The van der Waals surface area contributed by atoms with E-state index in [-0.39, 0.29) is 0 Å². The molecule has 0 aliphatic rings. The van der Waals surface area contributed by atoms with Crippen LogP contribution in [0, 0.1) is 23.7 Å². The Labute approximate surface area is 59.1 Å². The standard InChI is InChI=1S/C8H4N2/c1-2-7-3-8(4-9)6-10-5-7/h1,3,5-6H. The van der Waals surface area contributed by atoms with Crippen molar-refractivity contribution >= 4 is 0 Å². The lowest BCUT2D eigenvalue weighted by molar-refractivity contribution is 1.29. The highest BCUT2D eigenvalue weighted by atomic mass is 14.6. The lowest BCUT2D eigenvalue weighted by Gasteiger charge is -1.87. The van der Waals surface area contributed by atoms with Crippen LogP contribution in [0.25, 0.3) is 0 Å². The molecular formula is C8H4N2. The smallest absolute Gasteiger partial charge is 0.101 e. The van der Waals surface area contributed by atoms with E-state index in [4.69, 9.17) is 11.7 Å². The highest BCUT2D eigenvalue weighted by molar-refractivity contribution is 5.36. The van der Waals surface area contributed by atoms with Crippen LogP contribution in [0.15, 0.2) is 18.5 Å². The van der Waals surface area contributed by atoms with E-state index in [1.54, 1.807) is 12.3 Å². The Morgan fingerprint density at radius 1 is 1.40 bits per heavy atom. The molecule has 1 aromatic rings. The van der Waals surface area contributed by atoms with Crippen molar-refractivity contribution in [2.45, 2.75) is 0 Å². The maximum absolute atomic E-state index is 8.40. The fourth-order valence-electron chi connectivity index (χ4n) is 0.580. The lowest BCUT2D eigenvalue weighted by atomic mass is 10.2. The zero-order valence-electron chi connectivity index (χ0n) is 5.20. The van der Waals surface area contributed by atoms with Gasteiger partial charge in [-0.05, 0) is 6.07 Å². The van der Waals surface area contributed by atoms with Crippen molar-refractivity contribution in [2.75, 3.05) is 0 Å². The van der Waals surface area contributed by atoms with Crippen LogP contribution >= 0.6 is 0 Å². The van der Waals surface area contributed by atoms with Gasteiger partial charge in [-0.2, -0.15) is 5.26 Å². The summed E-state index contributed by atoms with van der Waals surface area (Å²) >= 11 is 0. The van der Waals surface area contributed by atoms with E-state index in [9.17, 15) is 0 Å². The normalized spacial score (nSPS) is 7.80. The van der Waals surface area contributed by atoms with Gasteiger partial charge in [-0.25, -0.2) is 0 Å². The number of terminal acetylenes is 1. The molecule has 0 fully saturated rings. The van der Waals surface area contributed by atoms with Crippen LogP contribution in [0.2, 0.25) is 0 Å². The second kappa shape index (κ2) is 2.66. The monoisotopic (exact) mass is 128 g/mol. The van der Waals surface area contributed by atoms with Crippen LogP contribution in [0.5, 0.6) is 0 Å². The quantitative estimate of drug-likeness (QED) is 0.487. The molecule has 0 radical (unpaired) electrons. The van der Waals surface area contributed by atoms with Crippen molar-refractivity contribution in [2.24, 2.45) is 0 Å². The maximum atomic E-state index is 8.40. The molecule has 0 N–H and O–H groups in total. The van der Waals surface area contributed by atoms with Crippen molar-refractivity contribution < 1.29 is 0 Å². The van der Waals surface area contributed by atoms with Crippen LogP contribution < -0.4 is 0 Å². The largest absolute Gasteiger partial charge is 0.262 e. The van der Waals surface area contributed by atoms with Gasteiger partial charge in [0, 0.05) is 18.0 Å². The molecule has 0 bridgehead atoms. The van der Waals surface area contributed by atoms with Gasteiger partial charge in [0.05, 0.1) is 5.56 Å². The summed E-state index contributed by atoms with van der Waals surface area (Å²) in [4.78, 5) is 3.76. The van der Waals surface area contributed by atoms with Gasteiger partial charge in [-0.3, -0.25) is 4.98 Å². The van der Waals surface area contributed by atoms with Gasteiger partial charge in [0.2, 0.25) is 0 Å². The van der Waals surface area contributed by atoms with Crippen molar-refractivity contribution in [3.8, 4) is 18.4 Å². The number of rotatable bonds is 0. The average molecular weight is 128 g/mol. The molecule has 46 valence electrons. The Hall–Kier alpha value is -1.80. The van der Waals surface area contributed by atoms with E-state index in [1.165, 1.54) is 6.20 Å². The first-order chi connectivity index (χ1) is 4.86. The highest BCUT2D eigenvalue weighted by Crippen LogP contribution is 1.97. The van der Waals surface area contributed by atoms with Gasteiger partial charge >= 0.3 is 0 Å². The summed E-state index contributed by atoms with van der Waals surface area (Å²) in [6.07, 6.45) is 8.09. The van der Waals surface area contributed by atoms with Crippen LogP contribution in [-0.2, 0) is 0 Å². The van der Waals surface area contributed by atoms with E-state index >= 15 is 0 Å². The Bertz CT molecular complexity index is 286. The molecule has 0 aliphatic heterocycles. The molecule has 2 heteroatoms. The molecule has 0 aromatic carbocycles. The van der Waals surface area contributed by atoms with Gasteiger partial charge in [-0.15, -0.1) is 6.42 Å². The zero-order chi connectivity index (χ0) is 7.40. The first-order valence-corrected chi connectivity index (χ1v) is 2.68. The minimum Gasteiger partial charge on any atom is -0.262 e. The third-order valence-corrected chi connectivity index (χ3v) is 1.03. The molecule has 0 saturated heterocycles. The summed E-state index contributed by atoms with van der Waals surface area (Å²) in [7, 11) is 0. The molecule has 2 nitrogen and oxygen atoms in total. The summed E-state index contributed by atoms with van der Waals surface area (Å²) in [5, 5.41) is 8.40. The molecule has 0 spiro atoms. The second-order valence-corrected chi connectivity index (χ2v) is 1.72. The minimum absolute atomic E-state index is 0.496. The number of pyridine rings is 1.